The standard InChI is InChI=1S/C15H21NO4/c1-3-11(2)12-6-4-5-7-13(12)20-10-14(17)16-9-8-15(18)19/h4-7,11H,3,8-10H2,1-2H3,(H,16,17)(H,18,19). The Morgan fingerprint density at radius 2 is 2.05 bits per heavy atom. The van der Waals surface area contributed by atoms with Crippen LogP contribution in [-0.4, -0.2) is 30.1 Å². The number of para-hydroxylation sites is 1. The summed E-state index contributed by atoms with van der Waals surface area (Å²) in [6.07, 6.45) is 0.903. The van der Waals surface area contributed by atoms with E-state index < -0.39 is 5.97 Å². The van der Waals surface area contributed by atoms with E-state index in [9.17, 15) is 9.59 Å². The summed E-state index contributed by atoms with van der Waals surface area (Å²) in [7, 11) is 0. The second-order valence-electron chi connectivity index (χ2n) is 4.63. The average molecular weight is 279 g/mol. The molecule has 1 rings (SSSR count). The Balaban J connectivity index is 2.49. The Morgan fingerprint density at radius 3 is 2.70 bits per heavy atom. The Labute approximate surface area is 118 Å². The van der Waals surface area contributed by atoms with Crippen LogP contribution in [0.25, 0.3) is 0 Å². The first-order valence-corrected chi connectivity index (χ1v) is 6.74. The molecule has 0 aliphatic rings. The zero-order valence-electron chi connectivity index (χ0n) is 11.9. The maximum Gasteiger partial charge on any atom is 0.305 e. The molecule has 0 aliphatic heterocycles. The van der Waals surface area contributed by atoms with Crippen molar-refractivity contribution in [2.75, 3.05) is 13.2 Å². The molecule has 5 nitrogen and oxygen atoms in total. The van der Waals surface area contributed by atoms with E-state index in [1.54, 1.807) is 0 Å². The topological polar surface area (TPSA) is 75.6 Å². The van der Waals surface area contributed by atoms with Crippen molar-refractivity contribution >= 4 is 11.9 Å². The van der Waals surface area contributed by atoms with Crippen molar-refractivity contribution < 1.29 is 19.4 Å². The van der Waals surface area contributed by atoms with E-state index in [4.69, 9.17) is 9.84 Å². The fourth-order valence-electron chi connectivity index (χ4n) is 1.74. The maximum atomic E-state index is 11.5. The van der Waals surface area contributed by atoms with Crippen LogP contribution in [0, 0.1) is 0 Å². The van der Waals surface area contributed by atoms with Gasteiger partial charge in [-0.25, -0.2) is 0 Å². The van der Waals surface area contributed by atoms with Gasteiger partial charge in [0.2, 0.25) is 0 Å². The van der Waals surface area contributed by atoms with Gasteiger partial charge in [-0.15, -0.1) is 0 Å². The van der Waals surface area contributed by atoms with E-state index in [2.05, 4.69) is 19.2 Å². The quantitative estimate of drug-likeness (QED) is 0.764. The normalized spacial score (nSPS) is 11.7. The molecule has 0 bridgehead atoms. The highest BCUT2D eigenvalue weighted by atomic mass is 16.5. The van der Waals surface area contributed by atoms with Gasteiger partial charge in [0, 0.05) is 6.54 Å². The Bertz CT molecular complexity index is 459. The molecule has 20 heavy (non-hydrogen) atoms. The molecule has 1 amide bonds. The SMILES string of the molecule is CCC(C)c1ccccc1OCC(=O)NCCC(=O)O. The van der Waals surface area contributed by atoms with Crippen LogP contribution in [0.5, 0.6) is 5.75 Å². The molecule has 110 valence electrons. The molecule has 1 aromatic rings. The van der Waals surface area contributed by atoms with E-state index >= 15 is 0 Å². The summed E-state index contributed by atoms with van der Waals surface area (Å²) in [6, 6.07) is 7.64. The van der Waals surface area contributed by atoms with E-state index in [-0.39, 0.29) is 25.5 Å². The zero-order valence-corrected chi connectivity index (χ0v) is 11.9. The maximum absolute atomic E-state index is 11.5. The summed E-state index contributed by atoms with van der Waals surface area (Å²) in [6.45, 7) is 4.22. The Morgan fingerprint density at radius 1 is 1.35 bits per heavy atom. The number of carbonyl (C=O) groups is 2. The first kappa shape index (κ1) is 16.0. The number of rotatable bonds is 8. The number of ether oxygens (including phenoxy) is 1. The minimum Gasteiger partial charge on any atom is -0.483 e. The smallest absolute Gasteiger partial charge is 0.305 e. The van der Waals surface area contributed by atoms with Gasteiger partial charge in [-0.3, -0.25) is 9.59 Å². The molecule has 2 N–H and O–H groups in total. The lowest BCUT2D eigenvalue weighted by Gasteiger charge is -2.15. The lowest BCUT2D eigenvalue weighted by molar-refractivity contribution is -0.137. The first-order valence-electron chi connectivity index (χ1n) is 6.74. The lowest BCUT2D eigenvalue weighted by Crippen LogP contribution is -2.30. The highest BCUT2D eigenvalue weighted by Gasteiger charge is 2.11. The third-order valence-electron chi connectivity index (χ3n) is 3.08. The number of benzene rings is 1. The van der Waals surface area contributed by atoms with Crippen molar-refractivity contribution in [3.63, 3.8) is 0 Å². The number of nitrogens with one attached hydrogen (secondary N) is 1. The van der Waals surface area contributed by atoms with Gasteiger partial charge in [0.25, 0.3) is 5.91 Å². The number of hydrogen-bond donors (Lipinski definition) is 2. The molecule has 0 saturated heterocycles. The molecule has 0 fully saturated rings. The van der Waals surface area contributed by atoms with Crippen molar-refractivity contribution in [1.29, 1.82) is 0 Å². The predicted molar refractivity (Wildman–Crippen MR) is 75.9 cm³/mol. The van der Waals surface area contributed by atoms with Gasteiger partial charge in [-0.05, 0) is 24.0 Å². The van der Waals surface area contributed by atoms with Crippen LogP contribution >= 0.6 is 0 Å². The molecule has 1 aromatic carbocycles. The van der Waals surface area contributed by atoms with Crippen LogP contribution < -0.4 is 10.1 Å². The summed E-state index contributed by atoms with van der Waals surface area (Å²) in [5.41, 5.74) is 1.08. The van der Waals surface area contributed by atoms with Crippen LogP contribution in [-0.2, 0) is 9.59 Å². The number of carboxylic acids is 1. The minimum absolute atomic E-state index is 0.0881. The van der Waals surface area contributed by atoms with Gasteiger partial charge < -0.3 is 15.2 Å². The van der Waals surface area contributed by atoms with Gasteiger partial charge in [0.05, 0.1) is 6.42 Å². The minimum atomic E-state index is -0.937. The van der Waals surface area contributed by atoms with Crippen LogP contribution in [0.2, 0.25) is 0 Å². The van der Waals surface area contributed by atoms with Crippen molar-refractivity contribution in [2.45, 2.75) is 32.6 Å². The summed E-state index contributed by atoms with van der Waals surface area (Å²) in [5, 5.41) is 11.0. The highest BCUT2D eigenvalue weighted by molar-refractivity contribution is 5.78. The van der Waals surface area contributed by atoms with Gasteiger partial charge in [0.15, 0.2) is 6.61 Å². The largest absolute Gasteiger partial charge is 0.483 e. The third kappa shape index (κ3) is 5.30. The monoisotopic (exact) mass is 279 g/mol. The molecular formula is C15H21NO4. The van der Waals surface area contributed by atoms with Gasteiger partial charge in [-0.2, -0.15) is 0 Å². The van der Waals surface area contributed by atoms with Gasteiger partial charge in [-0.1, -0.05) is 32.0 Å². The van der Waals surface area contributed by atoms with Gasteiger partial charge >= 0.3 is 5.97 Å². The lowest BCUT2D eigenvalue weighted by atomic mass is 9.98. The molecule has 0 aromatic heterocycles. The number of aliphatic carboxylic acids is 1. The van der Waals surface area contributed by atoms with Crippen LogP contribution in [0.4, 0.5) is 0 Å². The van der Waals surface area contributed by atoms with Crippen LogP contribution in [0.15, 0.2) is 24.3 Å². The molecule has 0 spiro atoms. The molecule has 0 heterocycles. The summed E-state index contributed by atoms with van der Waals surface area (Å²) in [4.78, 5) is 21.8. The van der Waals surface area contributed by atoms with Crippen molar-refractivity contribution in [1.82, 2.24) is 5.32 Å². The zero-order chi connectivity index (χ0) is 15.0. The number of carboxylic acid groups (broad SMARTS) is 1. The summed E-state index contributed by atoms with van der Waals surface area (Å²) < 4.78 is 5.52. The van der Waals surface area contributed by atoms with Crippen molar-refractivity contribution in [3.05, 3.63) is 29.8 Å². The first-order chi connectivity index (χ1) is 9.54. The predicted octanol–water partition coefficient (Wildman–Crippen LogP) is 2.17. The van der Waals surface area contributed by atoms with Crippen molar-refractivity contribution in [2.24, 2.45) is 0 Å². The molecule has 0 radical (unpaired) electrons. The molecule has 0 saturated carbocycles. The highest BCUT2D eigenvalue weighted by Crippen LogP contribution is 2.28. The Kier molecular flexibility index (Phi) is 6.56. The Hall–Kier alpha value is -2.04. The third-order valence-corrected chi connectivity index (χ3v) is 3.08. The van der Waals surface area contributed by atoms with E-state index in [1.165, 1.54) is 0 Å². The summed E-state index contributed by atoms with van der Waals surface area (Å²) in [5.74, 6) is -0.185. The molecule has 1 atom stereocenters. The van der Waals surface area contributed by atoms with Crippen LogP contribution in [0.1, 0.15) is 38.2 Å². The fraction of sp³-hybridized carbons (Fsp3) is 0.467. The molecule has 5 heteroatoms. The van der Waals surface area contributed by atoms with Crippen LogP contribution in [0.3, 0.4) is 0 Å². The number of hydrogen-bond acceptors (Lipinski definition) is 3. The second kappa shape index (κ2) is 8.19. The van der Waals surface area contributed by atoms with E-state index in [0.717, 1.165) is 12.0 Å². The molecule has 1 unspecified atom stereocenters. The number of amides is 1. The average Bonchev–Trinajstić information content (AvgIpc) is 2.44. The fourth-order valence-corrected chi connectivity index (χ4v) is 1.74. The molecule has 0 aliphatic carbocycles. The molecular weight excluding hydrogens is 258 g/mol. The number of carbonyl (C=O) groups excluding carboxylic acids is 1. The van der Waals surface area contributed by atoms with E-state index in [1.807, 2.05) is 24.3 Å². The van der Waals surface area contributed by atoms with Gasteiger partial charge in [0.1, 0.15) is 5.75 Å². The van der Waals surface area contributed by atoms with Crippen molar-refractivity contribution in [3.8, 4) is 5.75 Å². The second-order valence-corrected chi connectivity index (χ2v) is 4.63. The summed E-state index contributed by atoms with van der Waals surface area (Å²) >= 11 is 0. The van der Waals surface area contributed by atoms with E-state index in [0.29, 0.717) is 11.7 Å².